The lowest BCUT2D eigenvalue weighted by atomic mass is 10.1. The minimum atomic E-state index is -3.70. The molecule has 1 aromatic heterocycles. The first-order valence-electron chi connectivity index (χ1n) is 6.13. The van der Waals surface area contributed by atoms with Crippen LogP contribution in [0.5, 0.6) is 0 Å². The maximum absolute atomic E-state index is 12.2. The van der Waals surface area contributed by atoms with Crippen LogP contribution >= 0.6 is 11.6 Å². The van der Waals surface area contributed by atoms with Gasteiger partial charge in [-0.05, 0) is 18.9 Å². The largest absolute Gasteiger partial charge is 0.324 e. The predicted octanol–water partition coefficient (Wildman–Crippen LogP) is 1.98. The highest BCUT2D eigenvalue weighted by atomic mass is 35.5. The molecule has 2 rings (SSSR count). The van der Waals surface area contributed by atoms with E-state index in [1.165, 1.54) is 10.9 Å². The standard InChI is InChI=1S/C13H16ClN3O2S/c1-10(8-11-6-4-3-5-7-11)16-20(18,19)13-12(14)17(2)9-15-13/h3-7,9-10,16H,8H2,1-2H3. The summed E-state index contributed by atoms with van der Waals surface area (Å²) in [6.45, 7) is 1.81. The molecule has 0 aliphatic heterocycles. The summed E-state index contributed by atoms with van der Waals surface area (Å²) in [4.78, 5) is 3.83. The van der Waals surface area contributed by atoms with Gasteiger partial charge in [0.1, 0.15) is 5.15 Å². The van der Waals surface area contributed by atoms with Gasteiger partial charge in [-0.2, -0.15) is 0 Å². The lowest BCUT2D eigenvalue weighted by molar-refractivity contribution is 0.557. The maximum atomic E-state index is 12.2. The van der Waals surface area contributed by atoms with Crippen LogP contribution in [0.25, 0.3) is 0 Å². The fourth-order valence-electron chi connectivity index (χ4n) is 1.90. The Hall–Kier alpha value is -1.37. The number of hydrogen-bond donors (Lipinski definition) is 1. The molecule has 7 heteroatoms. The molecule has 0 aliphatic rings. The van der Waals surface area contributed by atoms with Crippen LogP contribution < -0.4 is 4.72 Å². The van der Waals surface area contributed by atoms with Crippen LogP contribution in [0.15, 0.2) is 41.7 Å². The minimum absolute atomic E-state index is 0.101. The maximum Gasteiger partial charge on any atom is 0.261 e. The Morgan fingerprint density at radius 1 is 1.35 bits per heavy atom. The Morgan fingerprint density at radius 2 is 2.00 bits per heavy atom. The van der Waals surface area contributed by atoms with Gasteiger partial charge in [0, 0.05) is 13.1 Å². The van der Waals surface area contributed by atoms with Crippen molar-refractivity contribution in [2.24, 2.45) is 7.05 Å². The number of hydrogen-bond acceptors (Lipinski definition) is 3. The first-order chi connectivity index (χ1) is 9.40. The first kappa shape index (κ1) is 15.0. The van der Waals surface area contributed by atoms with Crippen LogP contribution in [-0.2, 0) is 23.5 Å². The second-order valence-electron chi connectivity index (χ2n) is 4.66. The van der Waals surface area contributed by atoms with Gasteiger partial charge in [0.25, 0.3) is 10.0 Å². The zero-order valence-corrected chi connectivity index (χ0v) is 12.8. The zero-order valence-electron chi connectivity index (χ0n) is 11.2. The number of imidazole rings is 1. The summed E-state index contributed by atoms with van der Waals surface area (Å²) in [6, 6.07) is 9.43. The Labute approximate surface area is 123 Å². The molecule has 1 aromatic carbocycles. The number of aromatic nitrogens is 2. The normalized spacial score (nSPS) is 13.3. The van der Waals surface area contributed by atoms with Crippen LogP contribution in [-0.4, -0.2) is 24.0 Å². The third-order valence-electron chi connectivity index (χ3n) is 2.83. The highest BCUT2D eigenvalue weighted by molar-refractivity contribution is 7.89. The van der Waals surface area contributed by atoms with Gasteiger partial charge < -0.3 is 4.57 Å². The Bertz CT molecular complexity index is 683. The van der Waals surface area contributed by atoms with Gasteiger partial charge in [0.15, 0.2) is 0 Å². The smallest absolute Gasteiger partial charge is 0.261 e. The van der Waals surface area contributed by atoms with Crippen molar-refractivity contribution >= 4 is 21.6 Å². The molecule has 0 saturated carbocycles. The summed E-state index contributed by atoms with van der Waals surface area (Å²) >= 11 is 5.92. The quantitative estimate of drug-likeness (QED) is 0.918. The van der Waals surface area contributed by atoms with E-state index in [0.717, 1.165) is 5.56 Å². The SMILES string of the molecule is CC(Cc1ccccc1)NS(=O)(=O)c1ncn(C)c1Cl. The first-order valence-corrected chi connectivity index (χ1v) is 7.99. The van der Waals surface area contributed by atoms with Crippen LogP contribution in [0.2, 0.25) is 5.15 Å². The molecule has 20 heavy (non-hydrogen) atoms. The van der Waals surface area contributed by atoms with E-state index in [0.29, 0.717) is 6.42 Å². The average Bonchev–Trinajstić information content (AvgIpc) is 2.71. The number of nitrogens with one attached hydrogen (secondary N) is 1. The molecule has 0 fully saturated rings. The average molecular weight is 314 g/mol. The molecule has 0 amide bonds. The Morgan fingerprint density at radius 3 is 2.55 bits per heavy atom. The van der Waals surface area contributed by atoms with Gasteiger partial charge in [-0.25, -0.2) is 18.1 Å². The zero-order chi connectivity index (χ0) is 14.8. The highest BCUT2D eigenvalue weighted by Crippen LogP contribution is 2.18. The van der Waals surface area contributed by atoms with Crippen molar-refractivity contribution in [2.75, 3.05) is 0 Å². The predicted molar refractivity (Wildman–Crippen MR) is 78.1 cm³/mol. The fourth-order valence-corrected chi connectivity index (χ4v) is 3.58. The molecular weight excluding hydrogens is 298 g/mol. The van der Waals surface area contributed by atoms with Crippen molar-refractivity contribution in [1.29, 1.82) is 0 Å². The van der Waals surface area contributed by atoms with E-state index >= 15 is 0 Å². The summed E-state index contributed by atoms with van der Waals surface area (Å²) in [5.74, 6) is 0. The molecule has 1 N–H and O–H groups in total. The second kappa shape index (κ2) is 5.95. The molecule has 0 aliphatic carbocycles. The molecule has 5 nitrogen and oxygen atoms in total. The fraction of sp³-hybridized carbons (Fsp3) is 0.308. The van der Waals surface area contributed by atoms with E-state index in [1.54, 1.807) is 14.0 Å². The molecular formula is C13H16ClN3O2S. The molecule has 1 unspecified atom stereocenters. The van der Waals surface area contributed by atoms with E-state index in [1.807, 2.05) is 30.3 Å². The number of halogens is 1. The number of aryl methyl sites for hydroxylation is 1. The second-order valence-corrected chi connectivity index (χ2v) is 6.65. The summed E-state index contributed by atoms with van der Waals surface area (Å²) in [7, 11) is -2.06. The van der Waals surface area contributed by atoms with Crippen molar-refractivity contribution in [1.82, 2.24) is 14.3 Å². The molecule has 0 bridgehead atoms. The highest BCUT2D eigenvalue weighted by Gasteiger charge is 2.24. The van der Waals surface area contributed by atoms with Gasteiger partial charge in [0.2, 0.25) is 5.03 Å². The topological polar surface area (TPSA) is 64.0 Å². The van der Waals surface area contributed by atoms with Crippen molar-refractivity contribution < 1.29 is 8.42 Å². The van der Waals surface area contributed by atoms with Crippen LogP contribution in [0.4, 0.5) is 0 Å². The molecule has 0 saturated heterocycles. The summed E-state index contributed by atoms with van der Waals surface area (Å²) in [6.07, 6.45) is 1.98. The van der Waals surface area contributed by atoms with E-state index in [9.17, 15) is 8.42 Å². The molecule has 2 aromatic rings. The van der Waals surface area contributed by atoms with E-state index in [-0.39, 0.29) is 16.2 Å². The number of nitrogens with zero attached hydrogens (tertiary/aromatic N) is 2. The minimum Gasteiger partial charge on any atom is -0.324 e. The van der Waals surface area contributed by atoms with Crippen molar-refractivity contribution in [3.8, 4) is 0 Å². The lowest BCUT2D eigenvalue weighted by Crippen LogP contribution is -2.34. The van der Waals surface area contributed by atoms with Gasteiger partial charge in [-0.3, -0.25) is 0 Å². The van der Waals surface area contributed by atoms with E-state index < -0.39 is 10.0 Å². The van der Waals surface area contributed by atoms with Crippen molar-refractivity contribution in [2.45, 2.75) is 24.4 Å². The van der Waals surface area contributed by atoms with Gasteiger partial charge in [0.05, 0.1) is 6.33 Å². The van der Waals surface area contributed by atoms with Gasteiger partial charge in [-0.15, -0.1) is 0 Å². The summed E-state index contributed by atoms with van der Waals surface area (Å²) in [5.41, 5.74) is 1.06. The number of rotatable bonds is 5. The molecule has 1 atom stereocenters. The number of benzene rings is 1. The lowest BCUT2D eigenvalue weighted by Gasteiger charge is -2.13. The summed E-state index contributed by atoms with van der Waals surface area (Å²) < 4.78 is 28.4. The van der Waals surface area contributed by atoms with E-state index in [2.05, 4.69) is 9.71 Å². The van der Waals surface area contributed by atoms with Gasteiger partial charge >= 0.3 is 0 Å². The van der Waals surface area contributed by atoms with Crippen molar-refractivity contribution in [3.05, 3.63) is 47.4 Å². The van der Waals surface area contributed by atoms with Crippen molar-refractivity contribution in [3.63, 3.8) is 0 Å². The van der Waals surface area contributed by atoms with Crippen LogP contribution in [0.3, 0.4) is 0 Å². The third-order valence-corrected chi connectivity index (χ3v) is 4.91. The van der Waals surface area contributed by atoms with Crippen LogP contribution in [0, 0.1) is 0 Å². The molecule has 1 heterocycles. The van der Waals surface area contributed by atoms with Crippen LogP contribution in [0.1, 0.15) is 12.5 Å². The Kier molecular flexibility index (Phi) is 4.47. The molecule has 108 valence electrons. The van der Waals surface area contributed by atoms with Gasteiger partial charge in [-0.1, -0.05) is 41.9 Å². The summed E-state index contributed by atoms with van der Waals surface area (Å²) in [5, 5.41) is -0.0361. The monoisotopic (exact) mass is 313 g/mol. The third kappa shape index (κ3) is 3.39. The Balaban J connectivity index is 2.11. The molecule has 0 radical (unpaired) electrons. The van der Waals surface area contributed by atoms with E-state index in [4.69, 9.17) is 11.6 Å². The molecule has 0 spiro atoms. The number of sulfonamides is 1.